The molecule has 28 heavy (non-hydrogen) atoms. The first-order chi connectivity index (χ1) is 13.7. The van der Waals surface area contributed by atoms with Gasteiger partial charge < -0.3 is 19.7 Å². The van der Waals surface area contributed by atoms with Crippen molar-refractivity contribution in [1.82, 2.24) is 19.3 Å². The van der Waals surface area contributed by atoms with Crippen molar-refractivity contribution >= 4 is 11.7 Å². The van der Waals surface area contributed by atoms with Crippen LogP contribution in [0.15, 0.2) is 48.8 Å². The van der Waals surface area contributed by atoms with Crippen molar-refractivity contribution in [2.45, 2.75) is 25.3 Å². The van der Waals surface area contributed by atoms with Crippen LogP contribution in [0.1, 0.15) is 19.3 Å². The SMILES string of the molecule is CN1CCN([C@@H]2CCCCN(C(=O)Nc3cccc(-n4cccc4)c3)C2)CC1. The molecule has 150 valence electrons. The predicted octanol–water partition coefficient (Wildman–Crippen LogP) is 3.11. The summed E-state index contributed by atoms with van der Waals surface area (Å²) < 4.78 is 2.05. The second kappa shape index (κ2) is 8.80. The van der Waals surface area contributed by atoms with E-state index < -0.39 is 0 Å². The van der Waals surface area contributed by atoms with Gasteiger partial charge in [0.25, 0.3) is 0 Å². The van der Waals surface area contributed by atoms with E-state index in [0.29, 0.717) is 6.04 Å². The number of rotatable bonds is 3. The number of hydrogen-bond donors (Lipinski definition) is 1. The van der Waals surface area contributed by atoms with Crippen LogP contribution in [-0.2, 0) is 0 Å². The summed E-state index contributed by atoms with van der Waals surface area (Å²) in [5, 5.41) is 3.12. The van der Waals surface area contributed by atoms with Gasteiger partial charge in [-0.25, -0.2) is 4.79 Å². The number of carbonyl (C=O) groups is 1. The number of amides is 2. The lowest BCUT2D eigenvalue weighted by atomic mass is 10.1. The number of carbonyl (C=O) groups excluding carboxylic acids is 1. The average molecular weight is 382 g/mol. The Morgan fingerprint density at radius 3 is 2.57 bits per heavy atom. The maximum absolute atomic E-state index is 13.0. The summed E-state index contributed by atoms with van der Waals surface area (Å²) in [5.41, 5.74) is 1.89. The molecule has 0 spiro atoms. The Hall–Kier alpha value is -2.31. The maximum atomic E-state index is 13.0. The van der Waals surface area contributed by atoms with Crippen LogP contribution in [0.2, 0.25) is 0 Å². The highest BCUT2D eigenvalue weighted by atomic mass is 16.2. The number of aromatic nitrogens is 1. The van der Waals surface area contributed by atoms with Crippen LogP contribution in [0.25, 0.3) is 5.69 Å². The van der Waals surface area contributed by atoms with Gasteiger partial charge in [-0.2, -0.15) is 0 Å². The highest BCUT2D eigenvalue weighted by Crippen LogP contribution is 2.20. The highest BCUT2D eigenvalue weighted by molar-refractivity contribution is 5.89. The molecule has 1 atom stereocenters. The second-order valence-corrected chi connectivity index (χ2v) is 8.01. The molecule has 0 aliphatic carbocycles. The summed E-state index contributed by atoms with van der Waals surface area (Å²) in [5.74, 6) is 0. The molecular weight excluding hydrogens is 350 g/mol. The van der Waals surface area contributed by atoms with E-state index in [9.17, 15) is 4.79 Å². The monoisotopic (exact) mass is 381 g/mol. The molecule has 6 nitrogen and oxygen atoms in total. The van der Waals surface area contributed by atoms with E-state index in [4.69, 9.17) is 0 Å². The summed E-state index contributed by atoms with van der Waals surface area (Å²) in [6, 6.07) is 12.5. The fourth-order valence-electron chi connectivity index (χ4n) is 4.24. The minimum Gasteiger partial charge on any atom is -0.324 e. The van der Waals surface area contributed by atoms with E-state index in [1.165, 1.54) is 12.8 Å². The minimum atomic E-state index is 0.0192. The van der Waals surface area contributed by atoms with E-state index in [1.54, 1.807) is 0 Å². The van der Waals surface area contributed by atoms with Crippen molar-refractivity contribution in [3.63, 3.8) is 0 Å². The number of benzene rings is 1. The lowest BCUT2D eigenvalue weighted by molar-refractivity contribution is 0.0948. The third-order valence-electron chi connectivity index (χ3n) is 5.99. The zero-order chi connectivity index (χ0) is 19.3. The number of likely N-dealkylation sites (tertiary alicyclic amines) is 1. The summed E-state index contributed by atoms with van der Waals surface area (Å²) in [7, 11) is 2.19. The third kappa shape index (κ3) is 4.56. The zero-order valence-corrected chi connectivity index (χ0v) is 16.8. The first-order valence-electron chi connectivity index (χ1n) is 10.4. The van der Waals surface area contributed by atoms with Crippen LogP contribution in [0.5, 0.6) is 0 Å². The molecule has 2 aliphatic heterocycles. The van der Waals surface area contributed by atoms with Crippen LogP contribution in [0.4, 0.5) is 10.5 Å². The van der Waals surface area contributed by atoms with Gasteiger partial charge in [0.15, 0.2) is 0 Å². The normalized spacial score (nSPS) is 22.0. The van der Waals surface area contributed by atoms with Gasteiger partial charge in [-0.05, 0) is 50.2 Å². The van der Waals surface area contributed by atoms with Gasteiger partial charge in [0, 0.05) is 69.1 Å². The summed E-state index contributed by atoms with van der Waals surface area (Å²) in [6.45, 7) is 6.12. The van der Waals surface area contributed by atoms with E-state index in [0.717, 1.165) is 57.1 Å². The van der Waals surface area contributed by atoms with Gasteiger partial charge in [0.2, 0.25) is 0 Å². The molecule has 1 aromatic heterocycles. The molecule has 0 saturated carbocycles. The van der Waals surface area contributed by atoms with Crippen molar-refractivity contribution in [1.29, 1.82) is 0 Å². The van der Waals surface area contributed by atoms with Gasteiger partial charge in [0.05, 0.1) is 0 Å². The lowest BCUT2D eigenvalue weighted by Crippen LogP contribution is -2.52. The first-order valence-corrected chi connectivity index (χ1v) is 10.4. The molecule has 2 amide bonds. The van der Waals surface area contributed by atoms with Crippen LogP contribution < -0.4 is 5.32 Å². The smallest absolute Gasteiger partial charge is 0.321 e. The van der Waals surface area contributed by atoms with Crippen molar-refractivity contribution in [3.8, 4) is 5.69 Å². The number of piperazine rings is 1. The van der Waals surface area contributed by atoms with Crippen LogP contribution >= 0.6 is 0 Å². The van der Waals surface area contributed by atoms with E-state index in [2.05, 4.69) is 22.2 Å². The summed E-state index contributed by atoms with van der Waals surface area (Å²) >= 11 is 0. The topological polar surface area (TPSA) is 43.8 Å². The van der Waals surface area contributed by atoms with Crippen molar-refractivity contribution in [3.05, 3.63) is 48.8 Å². The molecule has 4 rings (SSSR count). The lowest BCUT2D eigenvalue weighted by Gasteiger charge is -2.39. The number of urea groups is 1. The largest absolute Gasteiger partial charge is 0.324 e. The van der Waals surface area contributed by atoms with Gasteiger partial charge in [0.1, 0.15) is 0 Å². The van der Waals surface area contributed by atoms with Gasteiger partial charge in [-0.3, -0.25) is 4.90 Å². The van der Waals surface area contributed by atoms with Gasteiger partial charge >= 0.3 is 6.03 Å². The third-order valence-corrected chi connectivity index (χ3v) is 5.99. The Morgan fingerprint density at radius 2 is 1.79 bits per heavy atom. The number of nitrogens with zero attached hydrogens (tertiary/aromatic N) is 4. The molecule has 1 N–H and O–H groups in total. The molecular formula is C22H31N5O. The molecule has 2 aromatic rings. The van der Waals surface area contributed by atoms with Crippen molar-refractivity contribution in [2.75, 3.05) is 51.6 Å². The molecule has 0 radical (unpaired) electrons. The number of anilines is 1. The Morgan fingerprint density at radius 1 is 1.00 bits per heavy atom. The molecule has 0 bridgehead atoms. The molecule has 0 unspecified atom stereocenters. The van der Waals surface area contributed by atoms with Crippen LogP contribution in [0.3, 0.4) is 0 Å². The number of likely N-dealkylation sites (N-methyl/N-ethyl adjacent to an activating group) is 1. The predicted molar refractivity (Wildman–Crippen MR) is 113 cm³/mol. The Bertz CT molecular complexity index is 767. The van der Waals surface area contributed by atoms with Gasteiger partial charge in [-0.15, -0.1) is 0 Å². The minimum absolute atomic E-state index is 0.0192. The van der Waals surface area contributed by atoms with E-state index in [-0.39, 0.29) is 6.03 Å². The molecule has 3 heterocycles. The standard InChI is InChI=1S/C22H31N5O/c1-24-13-15-26(16-14-24)21-8-2-3-12-27(18-21)22(28)23-19-7-6-9-20(17-19)25-10-4-5-11-25/h4-7,9-11,17,21H,2-3,8,12-16,18H2,1H3,(H,23,28)/t21-/m1/s1. The Kier molecular flexibility index (Phi) is 5.98. The Balaban J connectivity index is 1.40. The highest BCUT2D eigenvalue weighted by Gasteiger charge is 2.28. The van der Waals surface area contributed by atoms with Crippen LogP contribution in [0, 0.1) is 0 Å². The van der Waals surface area contributed by atoms with Crippen LogP contribution in [-0.4, -0.2) is 77.7 Å². The maximum Gasteiger partial charge on any atom is 0.321 e. The second-order valence-electron chi connectivity index (χ2n) is 8.01. The molecule has 1 aromatic carbocycles. The molecule has 2 saturated heterocycles. The molecule has 2 aliphatic rings. The Labute approximate surface area is 167 Å². The molecule has 6 heteroatoms. The van der Waals surface area contributed by atoms with Crippen molar-refractivity contribution < 1.29 is 4.79 Å². The number of nitrogens with one attached hydrogen (secondary N) is 1. The average Bonchev–Trinajstić information content (AvgIpc) is 3.13. The molecule has 2 fully saturated rings. The van der Waals surface area contributed by atoms with Gasteiger partial charge in [-0.1, -0.05) is 12.5 Å². The first kappa shape index (κ1) is 19.0. The number of hydrogen-bond acceptors (Lipinski definition) is 3. The quantitative estimate of drug-likeness (QED) is 0.888. The van der Waals surface area contributed by atoms with Crippen molar-refractivity contribution in [2.24, 2.45) is 0 Å². The van der Waals surface area contributed by atoms with E-state index in [1.807, 2.05) is 58.3 Å². The fourth-order valence-corrected chi connectivity index (χ4v) is 4.24. The van der Waals surface area contributed by atoms with E-state index >= 15 is 0 Å². The summed E-state index contributed by atoms with van der Waals surface area (Å²) in [6.07, 6.45) is 7.49. The summed E-state index contributed by atoms with van der Waals surface area (Å²) in [4.78, 5) is 20.0. The zero-order valence-electron chi connectivity index (χ0n) is 16.8. The fraction of sp³-hybridized carbons (Fsp3) is 0.500.